The summed E-state index contributed by atoms with van der Waals surface area (Å²) in [4.78, 5) is 2.12. The molecule has 3 nitrogen and oxygen atoms in total. The van der Waals surface area contributed by atoms with Crippen molar-refractivity contribution in [1.29, 1.82) is 0 Å². The number of rotatable bonds is 6. The Labute approximate surface area is 98.1 Å². The average Bonchev–Trinajstić information content (AvgIpc) is 2.34. The van der Waals surface area contributed by atoms with E-state index in [1.807, 2.05) is 26.1 Å². The Bertz CT molecular complexity index is 315. The molecule has 0 fully saturated rings. The molecule has 1 aromatic rings. The van der Waals surface area contributed by atoms with Crippen LogP contribution < -0.4 is 10.2 Å². The molecule has 0 aliphatic rings. The number of aliphatic hydroxyl groups is 1. The summed E-state index contributed by atoms with van der Waals surface area (Å²) >= 11 is 0. The second-order valence-corrected chi connectivity index (χ2v) is 4.05. The molecule has 1 atom stereocenters. The Kier molecular flexibility index (Phi) is 5.29. The quantitative estimate of drug-likeness (QED) is 0.767. The molecule has 0 radical (unpaired) electrons. The van der Waals surface area contributed by atoms with Gasteiger partial charge in [-0.15, -0.1) is 0 Å². The SMILES string of the molecule is CCNCc1ccccc1N(C)C(C)CO. The monoisotopic (exact) mass is 222 g/mol. The van der Waals surface area contributed by atoms with Gasteiger partial charge in [-0.05, 0) is 25.1 Å². The molecule has 0 saturated carbocycles. The van der Waals surface area contributed by atoms with Gasteiger partial charge in [-0.2, -0.15) is 0 Å². The maximum absolute atomic E-state index is 9.18. The van der Waals surface area contributed by atoms with Gasteiger partial charge in [-0.3, -0.25) is 0 Å². The van der Waals surface area contributed by atoms with E-state index in [-0.39, 0.29) is 12.6 Å². The highest BCUT2D eigenvalue weighted by atomic mass is 16.3. The van der Waals surface area contributed by atoms with Gasteiger partial charge in [0, 0.05) is 25.3 Å². The summed E-state index contributed by atoms with van der Waals surface area (Å²) in [5, 5.41) is 12.5. The number of hydrogen-bond acceptors (Lipinski definition) is 3. The molecule has 0 bridgehead atoms. The first-order valence-electron chi connectivity index (χ1n) is 5.83. The van der Waals surface area contributed by atoms with Crippen LogP contribution in [0.2, 0.25) is 0 Å². The van der Waals surface area contributed by atoms with Gasteiger partial charge in [-0.25, -0.2) is 0 Å². The zero-order valence-corrected chi connectivity index (χ0v) is 10.4. The number of hydrogen-bond donors (Lipinski definition) is 2. The van der Waals surface area contributed by atoms with E-state index in [1.54, 1.807) is 0 Å². The maximum Gasteiger partial charge on any atom is 0.0632 e. The van der Waals surface area contributed by atoms with Gasteiger partial charge in [0.05, 0.1) is 6.61 Å². The molecule has 0 aliphatic heterocycles. The molecule has 1 aromatic carbocycles. The molecule has 0 spiro atoms. The third-order valence-corrected chi connectivity index (χ3v) is 2.86. The van der Waals surface area contributed by atoms with Crippen molar-refractivity contribution in [2.75, 3.05) is 25.1 Å². The molecule has 1 rings (SSSR count). The number of aliphatic hydroxyl groups excluding tert-OH is 1. The van der Waals surface area contributed by atoms with E-state index in [0.717, 1.165) is 13.1 Å². The van der Waals surface area contributed by atoms with Crippen LogP contribution in [0, 0.1) is 0 Å². The lowest BCUT2D eigenvalue weighted by atomic mass is 10.1. The van der Waals surface area contributed by atoms with Crippen LogP contribution in [-0.4, -0.2) is 31.3 Å². The lowest BCUT2D eigenvalue weighted by Crippen LogP contribution is -2.33. The van der Waals surface area contributed by atoms with Crippen molar-refractivity contribution < 1.29 is 5.11 Å². The smallest absolute Gasteiger partial charge is 0.0632 e. The van der Waals surface area contributed by atoms with Gasteiger partial charge in [0.2, 0.25) is 0 Å². The second kappa shape index (κ2) is 6.51. The first kappa shape index (κ1) is 13.0. The van der Waals surface area contributed by atoms with E-state index in [0.29, 0.717) is 0 Å². The van der Waals surface area contributed by atoms with E-state index < -0.39 is 0 Å². The van der Waals surface area contributed by atoms with Crippen LogP contribution in [0.3, 0.4) is 0 Å². The minimum Gasteiger partial charge on any atom is -0.394 e. The minimum absolute atomic E-state index is 0.141. The minimum atomic E-state index is 0.141. The van der Waals surface area contributed by atoms with Crippen molar-refractivity contribution in [1.82, 2.24) is 5.32 Å². The second-order valence-electron chi connectivity index (χ2n) is 4.05. The first-order chi connectivity index (χ1) is 7.70. The standard InChI is InChI=1S/C13H22N2O/c1-4-14-9-12-7-5-6-8-13(12)15(3)11(2)10-16/h5-8,11,14,16H,4,9-10H2,1-3H3. The molecule has 0 aliphatic carbocycles. The number of likely N-dealkylation sites (N-methyl/N-ethyl adjacent to an activating group) is 1. The van der Waals surface area contributed by atoms with E-state index in [4.69, 9.17) is 0 Å². The summed E-state index contributed by atoms with van der Waals surface area (Å²) in [5.41, 5.74) is 2.46. The zero-order chi connectivity index (χ0) is 12.0. The van der Waals surface area contributed by atoms with E-state index >= 15 is 0 Å². The van der Waals surface area contributed by atoms with Crippen LogP contribution in [0.5, 0.6) is 0 Å². The molecule has 90 valence electrons. The van der Waals surface area contributed by atoms with Crippen LogP contribution >= 0.6 is 0 Å². The normalized spacial score (nSPS) is 12.5. The lowest BCUT2D eigenvalue weighted by Gasteiger charge is -2.27. The molecule has 0 aromatic heterocycles. The Morgan fingerprint density at radius 1 is 1.38 bits per heavy atom. The van der Waals surface area contributed by atoms with Gasteiger partial charge >= 0.3 is 0 Å². The van der Waals surface area contributed by atoms with Crippen LogP contribution in [0.1, 0.15) is 19.4 Å². The maximum atomic E-state index is 9.18. The number of nitrogens with one attached hydrogen (secondary N) is 1. The fourth-order valence-electron chi connectivity index (χ4n) is 1.62. The first-order valence-corrected chi connectivity index (χ1v) is 5.83. The van der Waals surface area contributed by atoms with Crippen molar-refractivity contribution in [3.05, 3.63) is 29.8 Å². The van der Waals surface area contributed by atoms with Crippen LogP contribution in [0.25, 0.3) is 0 Å². The molecule has 16 heavy (non-hydrogen) atoms. The number of anilines is 1. The zero-order valence-electron chi connectivity index (χ0n) is 10.4. The van der Waals surface area contributed by atoms with Crippen molar-refractivity contribution in [2.45, 2.75) is 26.4 Å². The van der Waals surface area contributed by atoms with Gasteiger partial charge in [0.1, 0.15) is 0 Å². The summed E-state index contributed by atoms with van der Waals surface area (Å²) < 4.78 is 0. The Hall–Kier alpha value is -1.06. The van der Waals surface area contributed by atoms with Crippen molar-refractivity contribution >= 4 is 5.69 Å². The Morgan fingerprint density at radius 3 is 2.69 bits per heavy atom. The van der Waals surface area contributed by atoms with Crippen molar-refractivity contribution in [3.8, 4) is 0 Å². The predicted molar refractivity (Wildman–Crippen MR) is 68.8 cm³/mol. The predicted octanol–water partition coefficient (Wildman–Crippen LogP) is 1.61. The number of para-hydroxylation sites is 1. The largest absolute Gasteiger partial charge is 0.394 e. The summed E-state index contributed by atoms with van der Waals surface area (Å²) in [5.74, 6) is 0. The Balaban J connectivity index is 2.84. The highest BCUT2D eigenvalue weighted by molar-refractivity contribution is 5.53. The average molecular weight is 222 g/mol. The van der Waals surface area contributed by atoms with E-state index in [1.165, 1.54) is 11.3 Å². The third kappa shape index (κ3) is 3.22. The summed E-state index contributed by atoms with van der Waals surface area (Å²) in [6, 6.07) is 8.44. The molecule has 2 N–H and O–H groups in total. The molecule has 3 heteroatoms. The molecule has 0 amide bonds. The van der Waals surface area contributed by atoms with E-state index in [9.17, 15) is 5.11 Å². The molecular formula is C13H22N2O. The topological polar surface area (TPSA) is 35.5 Å². The lowest BCUT2D eigenvalue weighted by molar-refractivity contribution is 0.270. The molecule has 0 heterocycles. The van der Waals surface area contributed by atoms with Crippen LogP contribution in [0.15, 0.2) is 24.3 Å². The highest BCUT2D eigenvalue weighted by Gasteiger charge is 2.11. The third-order valence-electron chi connectivity index (χ3n) is 2.86. The van der Waals surface area contributed by atoms with Gasteiger partial charge in [0.15, 0.2) is 0 Å². The van der Waals surface area contributed by atoms with Crippen LogP contribution in [-0.2, 0) is 6.54 Å². The number of nitrogens with zero attached hydrogens (tertiary/aromatic N) is 1. The molecule has 0 saturated heterocycles. The Morgan fingerprint density at radius 2 is 2.06 bits per heavy atom. The molecule has 1 unspecified atom stereocenters. The summed E-state index contributed by atoms with van der Waals surface area (Å²) in [6.07, 6.45) is 0. The molecular weight excluding hydrogens is 200 g/mol. The van der Waals surface area contributed by atoms with Crippen molar-refractivity contribution in [3.63, 3.8) is 0 Å². The number of benzene rings is 1. The fourth-order valence-corrected chi connectivity index (χ4v) is 1.62. The van der Waals surface area contributed by atoms with Gasteiger partial charge in [-0.1, -0.05) is 25.1 Å². The van der Waals surface area contributed by atoms with E-state index in [2.05, 4.69) is 29.3 Å². The van der Waals surface area contributed by atoms with Crippen molar-refractivity contribution in [2.24, 2.45) is 0 Å². The highest BCUT2D eigenvalue weighted by Crippen LogP contribution is 2.20. The fraction of sp³-hybridized carbons (Fsp3) is 0.538. The van der Waals surface area contributed by atoms with Gasteiger partial charge < -0.3 is 15.3 Å². The van der Waals surface area contributed by atoms with Crippen LogP contribution in [0.4, 0.5) is 5.69 Å². The summed E-state index contributed by atoms with van der Waals surface area (Å²) in [6.45, 7) is 6.13. The summed E-state index contributed by atoms with van der Waals surface area (Å²) in [7, 11) is 2.02. The van der Waals surface area contributed by atoms with Gasteiger partial charge in [0.25, 0.3) is 0 Å².